The number of hydrogen-bond acceptors (Lipinski definition) is 0. The van der Waals surface area contributed by atoms with Gasteiger partial charge in [0.25, 0.3) is 0 Å². The molecule has 0 aromatic carbocycles. The van der Waals surface area contributed by atoms with Crippen LogP contribution in [0, 0.1) is 11.8 Å². The SMILES string of the molecule is CC(C)CC[N+](C)(C)CCC1CCCCC1. The largest absolute Gasteiger partial charge is 0.328 e. The van der Waals surface area contributed by atoms with Gasteiger partial charge in [-0.2, -0.15) is 0 Å². The molecule has 96 valence electrons. The summed E-state index contributed by atoms with van der Waals surface area (Å²) in [5, 5.41) is 0. The highest BCUT2D eigenvalue weighted by molar-refractivity contribution is 4.65. The van der Waals surface area contributed by atoms with Crippen LogP contribution in [0.15, 0.2) is 0 Å². The molecule has 0 aromatic heterocycles. The summed E-state index contributed by atoms with van der Waals surface area (Å²) in [5.74, 6) is 1.90. The second-order valence-electron chi connectivity index (χ2n) is 6.86. The lowest BCUT2D eigenvalue weighted by atomic mass is 9.87. The van der Waals surface area contributed by atoms with Crippen molar-refractivity contribution in [2.24, 2.45) is 11.8 Å². The zero-order valence-corrected chi connectivity index (χ0v) is 12.0. The molecule has 0 saturated heterocycles. The third-order valence-corrected chi connectivity index (χ3v) is 4.18. The Hall–Kier alpha value is -0.0400. The quantitative estimate of drug-likeness (QED) is 0.599. The number of nitrogens with zero attached hydrogens (tertiary/aromatic N) is 1. The minimum absolute atomic E-state index is 0.854. The van der Waals surface area contributed by atoms with Crippen molar-refractivity contribution >= 4 is 0 Å². The van der Waals surface area contributed by atoms with Crippen LogP contribution in [0.4, 0.5) is 0 Å². The molecule has 0 heterocycles. The van der Waals surface area contributed by atoms with E-state index in [1.807, 2.05) is 0 Å². The van der Waals surface area contributed by atoms with Crippen LogP contribution < -0.4 is 0 Å². The molecule has 0 unspecified atom stereocenters. The predicted molar refractivity (Wildman–Crippen MR) is 72.5 cm³/mol. The van der Waals surface area contributed by atoms with Crippen LogP contribution in [-0.2, 0) is 0 Å². The maximum atomic E-state index is 2.41. The van der Waals surface area contributed by atoms with Gasteiger partial charge < -0.3 is 4.48 Å². The summed E-state index contributed by atoms with van der Waals surface area (Å²) in [4.78, 5) is 0. The first-order valence-electron chi connectivity index (χ1n) is 7.31. The number of rotatable bonds is 6. The van der Waals surface area contributed by atoms with Crippen LogP contribution in [0.1, 0.15) is 58.8 Å². The van der Waals surface area contributed by atoms with Gasteiger partial charge in [-0.3, -0.25) is 0 Å². The lowest BCUT2D eigenvalue weighted by Gasteiger charge is -2.33. The maximum Gasteiger partial charge on any atom is 0.0785 e. The first-order chi connectivity index (χ1) is 7.49. The van der Waals surface area contributed by atoms with Gasteiger partial charge in [0.05, 0.1) is 27.2 Å². The Labute approximate surface area is 103 Å². The second kappa shape index (κ2) is 6.64. The van der Waals surface area contributed by atoms with E-state index >= 15 is 0 Å². The third-order valence-electron chi connectivity index (χ3n) is 4.18. The first-order valence-corrected chi connectivity index (χ1v) is 7.31. The molecular formula is C15H32N+. The highest BCUT2D eigenvalue weighted by Gasteiger charge is 2.20. The van der Waals surface area contributed by atoms with Crippen molar-refractivity contribution in [2.45, 2.75) is 58.8 Å². The normalized spacial score (nSPS) is 19.3. The highest BCUT2D eigenvalue weighted by atomic mass is 15.3. The van der Waals surface area contributed by atoms with Gasteiger partial charge in [0.1, 0.15) is 0 Å². The Kier molecular flexibility index (Phi) is 5.82. The summed E-state index contributed by atoms with van der Waals surface area (Å²) in [6.45, 7) is 7.41. The molecule has 1 saturated carbocycles. The smallest absolute Gasteiger partial charge is 0.0785 e. The molecule has 1 nitrogen and oxygen atoms in total. The molecule has 1 heteroatoms. The lowest BCUT2D eigenvalue weighted by Crippen LogP contribution is -2.42. The Morgan fingerprint density at radius 3 is 2.19 bits per heavy atom. The fourth-order valence-electron chi connectivity index (χ4n) is 2.73. The average molecular weight is 226 g/mol. The van der Waals surface area contributed by atoms with Gasteiger partial charge in [-0.1, -0.05) is 46.0 Å². The molecule has 0 radical (unpaired) electrons. The van der Waals surface area contributed by atoms with Gasteiger partial charge >= 0.3 is 0 Å². The van der Waals surface area contributed by atoms with Crippen LogP contribution in [0.2, 0.25) is 0 Å². The molecule has 0 amide bonds. The molecule has 1 aliphatic rings. The van der Waals surface area contributed by atoms with Gasteiger partial charge in [-0.25, -0.2) is 0 Å². The van der Waals surface area contributed by atoms with Crippen LogP contribution in [0.25, 0.3) is 0 Å². The van der Waals surface area contributed by atoms with E-state index in [9.17, 15) is 0 Å². The summed E-state index contributed by atoms with van der Waals surface area (Å²) < 4.78 is 1.23. The first kappa shape index (κ1) is 14.0. The van der Waals surface area contributed by atoms with Gasteiger partial charge in [-0.15, -0.1) is 0 Å². The highest BCUT2D eigenvalue weighted by Crippen LogP contribution is 2.27. The van der Waals surface area contributed by atoms with Crippen molar-refractivity contribution in [1.82, 2.24) is 0 Å². The summed E-state index contributed by atoms with van der Waals surface area (Å²) in [6.07, 6.45) is 10.3. The van der Waals surface area contributed by atoms with Crippen molar-refractivity contribution in [3.63, 3.8) is 0 Å². The Bertz CT molecular complexity index is 178. The number of quaternary nitrogens is 1. The van der Waals surface area contributed by atoms with Crippen molar-refractivity contribution in [3.05, 3.63) is 0 Å². The van der Waals surface area contributed by atoms with E-state index in [1.165, 1.54) is 62.5 Å². The van der Waals surface area contributed by atoms with E-state index in [0.29, 0.717) is 0 Å². The molecule has 16 heavy (non-hydrogen) atoms. The molecular weight excluding hydrogens is 194 g/mol. The van der Waals surface area contributed by atoms with E-state index in [-0.39, 0.29) is 0 Å². The summed E-state index contributed by atoms with van der Waals surface area (Å²) in [7, 11) is 4.82. The van der Waals surface area contributed by atoms with Crippen molar-refractivity contribution in [3.8, 4) is 0 Å². The summed E-state index contributed by atoms with van der Waals surface area (Å²) in [5.41, 5.74) is 0. The molecule has 1 fully saturated rings. The fourth-order valence-corrected chi connectivity index (χ4v) is 2.73. The van der Waals surface area contributed by atoms with E-state index in [1.54, 1.807) is 0 Å². The maximum absolute atomic E-state index is 2.41. The topological polar surface area (TPSA) is 0 Å². The molecule has 0 aliphatic heterocycles. The van der Waals surface area contributed by atoms with Crippen molar-refractivity contribution in [1.29, 1.82) is 0 Å². The second-order valence-corrected chi connectivity index (χ2v) is 6.86. The molecule has 0 N–H and O–H groups in total. The molecule has 1 rings (SSSR count). The van der Waals surface area contributed by atoms with Gasteiger partial charge in [0.15, 0.2) is 0 Å². The van der Waals surface area contributed by atoms with Crippen molar-refractivity contribution < 1.29 is 4.48 Å². The Balaban J connectivity index is 2.18. The standard InChI is InChI=1S/C15H32N/c1-14(2)10-12-16(3,4)13-11-15-8-6-5-7-9-15/h14-15H,5-13H2,1-4H3/q+1. The summed E-state index contributed by atoms with van der Waals surface area (Å²) in [6, 6.07) is 0. The van der Waals surface area contributed by atoms with Gasteiger partial charge in [0, 0.05) is 0 Å². The molecule has 0 atom stereocenters. The summed E-state index contributed by atoms with van der Waals surface area (Å²) >= 11 is 0. The fraction of sp³-hybridized carbons (Fsp3) is 1.00. The van der Waals surface area contributed by atoms with E-state index < -0.39 is 0 Å². The zero-order valence-electron chi connectivity index (χ0n) is 12.0. The number of hydrogen-bond donors (Lipinski definition) is 0. The van der Waals surface area contributed by atoms with Crippen molar-refractivity contribution in [2.75, 3.05) is 27.2 Å². The Morgan fingerprint density at radius 1 is 1.00 bits per heavy atom. The predicted octanol–water partition coefficient (Wildman–Crippen LogP) is 4.08. The van der Waals surface area contributed by atoms with Gasteiger partial charge in [-0.05, 0) is 24.7 Å². The van der Waals surface area contributed by atoms with Crippen LogP contribution >= 0.6 is 0 Å². The third kappa shape index (κ3) is 5.89. The molecule has 0 bridgehead atoms. The minimum Gasteiger partial charge on any atom is -0.328 e. The van der Waals surface area contributed by atoms with E-state index in [2.05, 4.69) is 27.9 Å². The van der Waals surface area contributed by atoms with Gasteiger partial charge in [0.2, 0.25) is 0 Å². The van der Waals surface area contributed by atoms with Crippen LogP contribution in [0.5, 0.6) is 0 Å². The molecule has 0 spiro atoms. The van der Waals surface area contributed by atoms with Crippen LogP contribution in [0.3, 0.4) is 0 Å². The van der Waals surface area contributed by atoms with E-state index in [4.69, 9.17) is 0 Å². The van der Waals surface area contributed by atoms with E-state index in [0.717, 1.165) is 11.8 Å². The molecule has 0 aromatic rings. The monoisotopic (exact) mass is 226 g/mol. The molecule has 1 aliphatic carbocycles. The van der Waals surface area contributed by atoms with Crippen LogP contribution in [-0.4, -0.2) is 31.7 Å². The minimum atomic E-state index is 0.854. The lowest BCUT2D eigenvalue weighted by molar-refractivity contribution is -0.891. The average Bonchev–Trinajstić information content (AvgIpc) is 2.26. The zero-order chi connectivity index (χ0) is 12.0. The Morgan fingerprint density at radius 2 is 1.62 bits per heavy atom.